The zero-order chi connectivity index (χ0) is 17.3. The van der Waals surface area contributed by atoms with E-state index in [1.807, 2.05) is 20.8 Å². The summed E-state index contributed by atoms with van der Waals surface area (Å²) < 4.78 is 76.6. The van der Waals surface area contributed by atoms with Gasteiger partial charge in [0, 0.05) is 5.56 Å². The molecular formula is C15H18F6O. The SMILES string of the molecule is CCC(c1ccc(C(O)(C(F)(F)F)C(F)(F)F)cc1)C(C)C. The molecule has 1 aromatic rings. The van der Waals surface area contributed by atoms with Crippen molar-refractivity contribution >= 4 is 0 Å². The predicted octanol–water partition coefficient (Wildman–Crippen LogP) is 5.15. The maximum atomic E-state index is 12.8. The summed E-state index contributed by atoms with van der Waals surface area (Å²) in [6.07, 6.45) is -11.0. The van der Waals surface area contributed by atoms with Crippen molar-refractivity contribution in [1.82, 2.24) is 0 Å². The fraction of sp³-hybridized carbons (Fsp3) is 0.600. The quantitative estimate of drug-likeness (QED) is 0.758. The Kier molecular flexibility index (Phi) is 5.22. The van der Waals surface area contributed by atoms with Gasteiger partial charge in [0.1, 0.15) is 0 Å². The zero-order valence-electron chi connectivity index (χ0n) is 12.4. The summed E-state index contributed by atoms with van der Waals surface area (Å²) >= 11 is 0. The molecule has 1 nitrogen and oxygen atoms in total. The highest BCUT2D eigenvalue weighted by Gasteiger charge is 2.71. The molecule has 0 fully saturated rings. The van der Waals surface area contributed by atoms with Gasteiger partial charge in [-0.3, -0.25) is 0 Å². The van der Waals surface area contributed by atoms with E-state index < -0.39 is 23.5 Å². The number of halogens is 6. The van der Waals surface area contributed by atoms with Crippen LogP contribution in [0.2, 0.25) is 0 Å². The lowest BCUT2D eigenvalue weighted by Gasteiger charge is -2.33. The largest absolute Gasteiger partial charge is 0.430 e. The van der Waals surface area contributed by atoms with Crippen molar-refractivity contribution in [2.24, 2.45) is 5.92 Å². The smallest absolute Gasteiger partial charge is 0.369 e. The minimum absolute atomic E-state index is 0.0268. The molecule has 22 heavy (non-hydrogen) atoms. The number of aliphatic hydroxyl groups is 1. The topological polar surface area (TPSA) is 20.2 Å². The Balaban J connectivity index is 3.32. The molecule has 1 atom stereocenters. The van der Waals surface area contributed by atoms with Crippen LogP contribution in [-0.2, 0) is 5.60 Å². The molecule has 0 aliphatic heterocycles. The third-order valence-electron chi connectivity index (χ3n) is 3.82. The fourth-order valence-electron chi connectivity index (χ4n) is 2.55. The van der Waals surface area contributed by atoms with Crippen LogP contribution < -0.4 is 0 Å². The maximum Gasteiger partial charge on any atom is 0.430 e. The third-order valence-corrected chi connectivity index (χ3v) is 3.82. The van der Waals surface area contributed by atoms with Gasteiger partial charge in [-0.05, 0) is 23.8 Å². The normalized spacial score (nSPS) is 15.2. The maximum absolute atomic E-state index is 12.8. The summed E-state index contributed by atoms with van der Waals surface area (Å²) in [5.74, 6) is 0.221. The van der Waals surface area contributed by atoms with Crippen LogP contribution in [0.1, 0.15) is 44.2 Å². The van der Waals surface area contributed by atoms with E-state index in [-0.39, 0.29) is 11.8 Å². The second-order valence-electron chi connectivity index (χ2n) is 5.59. The Bertz CT molecular complexity index is 472. The molecule has 0 bridgehead atoms. The van der Waals surface area contributed by atoms with Gasteiger partial charge in [-0.2, -0.15) is 26.3 Å². The molecule has 126 valence electrons. The summed E-state index contributed by atoms with van der Waals surface area (Å²) in [4.78, 5) is 0. The van der Waals surface area contributed by atoms with E-state index in [1.165, 1.54) is 12.1 Å². The van der Waals surface area contributed by atoms with Crippen LogP contribution in [0.4, 0.5) is 26.3 Å². The van der Waals surface area contributed by atoms with Crippen LogP contribution in [0.15, 0.2) is 24.3 Å². The van der Waals surface area contributed by atoms with Crippen LogP contribution in [0.5, 0.6) is 0 Å². The van der Waals surface area contributed by atoms with E-state index in [0.717, 1.165) is 0 Å². The molecule has 0 spiro atoms. The van der Waals surface area contributed by atoms with Crippen molar-refractivity contribution in [2.75, 3.05) is 0 Å². The zero-order valence-corrected chi connectivity index (χ0v) is 12.4. The summed E-state index contributed by atoms with van der Waals surface area (Å²) in [6, 6.07) is 3.82. The molecule has 1 aromatic carbocycles. The van der Waals surface area contributed by atoms with Gasteiger partial charge in [0.15, 0.2) is 0 Å². The molecule has 1 N–H and O–H groups in total. The molecule has 1 rings (SSSR count). The molecular weight excluding hydrogens is 310 g/mol. The Morgan fingerprint density at radius 3 is 1.59 bits per heavy atom. The van der Waals surface area contributed by atoms with E-state index in [9.17, 15) is 31.4 Å². The van der Waals surface area contributed by atoms with E-state index in [2.05, 4.69) is 0 Å². The molecule has 0 heterocycles. The third kappa shape index (κ3) is 3.24. The monoisotopic (exact) mass is 328 g/mol. The Morgan fingerprint density at radius 1 is 0.909 bits per heavy atom. The second kappa shape index (κ2) is 6.10. The molecule has 7 heteroatoms. The van der Waals surface area contributed by atoms with Crippen LogP contribution in [-0.4, -0.2) is 17.5 Å². The van der Waals surface area contributed by atoms with Gasteiger partial charge in [-0.25, -0.2) is 0 Å². The van der Waals surface area contributed by atoms with Crippen LogP contribution in [0.25, 0.3) is 0 Å². The Morgan fingerprint density at radius 2 is 1.32 bits per heavy atom. The van der Waals surface area contributed by atoms with Gasteiger partial charge in [-0.1, -0.05) is 45.0 Å². The second-order valence-corrected chi connectivity index (χ2v) is 5.59. The molecule has 0 saturated carbocycles. The molecule has 0 aromatic heterocycles. The standard InChI is InChI=1S/C15H18F6O/c1-4-12(9(2)3)10-5-7-11(8-6-10)13(22,14(16,17)18)15(19,20)21/h5-9,12,22H,4H2,1-3H3. The van der Waals surface area contributed by atoms with Crippen LogP contribution in [0.3, 0.4) is 0 Å². The average molecular weight is 328 g/mol. The van der Waals surface area contributed by atoms with Crippen molar-refractivity contribution in [1.29, 1.82) is 0 Å². The van der Waals surface area contributed by atoms with Crippen molar-refractivity contribution in [3.63, 3.8) is 0 Å². The highest BCUT2D eigenvalue weighted by atomic mass is 19.4. The molecule has 1 unspecified atom stereocenters. The van der Waals surface area contributed by atoms with Crippen molar-refractivity contribution in [3.8, 4) is 0 Å². The molecule has 0 saturated heterocycles. The van der Waals surface area contributed by atoms with Gasteiger partial charge in [0.05, 0.1) is 0 Å². The van der Waals surface area contributed by atoms with Gasteiger partial charge in [0.25, 0.3) is 5.60 Å². The summed E-state index contributed by atoms with van der Waals surface area (Å²) in [6.45, 7) is 5.73. The predicted molar refractivity (Wildman–Crippen MR) is 70.3 cm³/mol. The first-order valence-corrected chi connectivity index (χ1v) is 6.82. The molecule has 0 radical (unpaired) electrons. The molecule has 0 aliphatic rings. The van der Waals surface area contributed by atoms with E-state index in [0.29, 0.717) is 24.1 Å². The van der Waals surface area contributed by atoms with E-state index in [1.54, 1.807) is 0 Å². The number of hydrogen-bond acceptors (Lipinski definition) is 1. The average Bonchev–Trinajstić information content (AvgIpc) is 2.36. The molecule has 0 amide bonds. The number of rotatable bonds is 4. The van der Waals surface area contributed by atoms with E-state index >= 15 is 0 Å². The first-order valence-electron chi connectivity index (χ1n) is 6.82. The Hall–Kier alpha value is -1.24. The van der Waals surface area contributed by atoms with Crippen molar-refractivity contribution in [3.05, 3.63) is 35.4 Å². The summed E-state index contributed by atoms with van der Waals surface area (Å²) in [5.41, 5.74) is -5.44. The molecule has 0 aliphatic carbocycles. The first-order chi connectivity index (χ1) is 9.86. The first kappa shape index (κ1) is 18.8. The highest BCUT2D eigenvalue weighted by Crippen LogP contribution is 2.50. The number of benzene rings is 1. The van der Waals surface area contributed by atoms with Crippen molar-refractivity contribution < 1.29 is 31.4 Å². The lowest BCUT2D eigenvalue weighted by molar-refractivity contribution is -0.376. The van der Waals surface area contributed by atoms with Gasteiger partial charge < -0.3 is 5.11 Å². The fourth-order valence-corrected chi connectivity index (χ4v) is 2.55. The van der Waals surface area contributed by atoms with Crippen LogP contribution in [0, 0.1) is 5.92 Å². The van der Waals surface area contributed by atoms with Gasteiger partial charge in [-0.15, -0.1) is 0 Å². The highest BCUT2D eigenvalue weighted by molar-refractivity contribution is 5.32. The van der Waals surface area contributed by atoms with Gasteiger partial charge >= 0.3 is 12.4 Å². The number of hydrogen-bond donors (Lipinski definition) is 1. The minimum Gasteiger partial charge on any atom is -0.369 e. The minimum atomic E-state index is -5.85. The number of alkyl halides is 6. The Labute approximate surface area is 125 Å². The summed E-state index contributed by atoms with van der Waals surface area (Å²) in [7, 11) is 0. The summed E-state index contributed by atoms with van der Waals surface area (Å²) in [5, 5.41) is 9.30. The van der Waals surface area contributed by atoms with E-state index in [4.69, 9.17) is 0 Å². The lowest BCUT2D eigenvalue weighted by Crippen LogP contribution is -2.53. The van der Waals surface area contributed by atoms with Gasteiger partial charge in [0.2, 0.25) is 0 Å². The lowest BCUT2D eigenvalue weighted by atomic mass is 9.84. The van der Waals surface area contributed by atoms with Crippen LogP contribution >= 0.6 is 0 Å². The van der Waals surface area contributed by atoms with Crippen molar-refractivity contribution in [2.45, 2.75) is 51.1 Å².